The van der Waals surface area contributed by atoms with E-state index in [0.29, 0.717) is 19.3 Å². The third-order valence-electron chi connectivity index (χ3n) is 11.5. The van der Waals surface area contributed by atoms with Crippen molar-refractivity contribution >= 4 is 17.9 Å². The van der Waals surface area contributed by atoms with Crippen molar-refractivity contribution in [1.82, 2.24) is 0 Å². The van der Waals surface area contributed by atoms with Crippen LogP contribution in [0, 0.1) is 0 Å². The van der Waals surface area contributed by atoms with Crippen LogP contribution in [0.5, 0.6) is 0 Å². The summed E-state index contributed by atoms with van der Waals surface area (Å²) in [6, 6.07) is 0. The normalized spacial score (nSPS) is 12.7. The molecule has 1 unspecified atom stereocenters. The average Bonchev–Trinajstić information content (AvgIpc) is 3.30. The number of carbonyl (C=O) groups excluding carboxylic acids is 3. The molecule has 0 rings (SSSR count). The molecular weight excluding hydrogens is 805 g/mol. The number of rotatable bonds is 48. The van der Waals surface area contributed by atoms with Crippen LogP contribution in [0.1, 0.15) is 252 Å². The molecule has 0 aromatic carbocycles. The van der Waals surface area contributed by atoms with Gasteiger partial charge in [0.25, 0.3) is 0 Å². The summed E-state index contributed by atoms with van der Waals surface area (Å²) >= 11 is 0. The molecule has 0 heterocycles. The molecule has 0 spiro atoms. The van der Waals surface area contributed by atoms with Crippen molar-refractivity contribution in [3.8, 4) is 0 Å². The van der Waals surface area contributed by atoms with Crippen LogP contribution in [0.25, 0.3) is 0 Å². The van der Waals surface area contributed by atoms with Gasteiger partial charge in [0.15, 0.2) is 6.10 Å². The fourth-order valence-electron chi connectivity index (χ4n) is 7.47. The van der Waals surface area contributed by atoms with Crippen LogP contribution >= 0.6 is 0 Å². The summed E-state index contributed by atoms with van der Waals surface area (Å²) in [7, 11) is 0. The van der Waals surface area contributed by atoms with Gasteiger partial charge in [0, 0.05) is 19.3 Å². The zero-order valence-corrected chi connectivity index (χ0v) is 42.5. The monoisotopic (exact) mass is 905 g/mol. The molecule has 0 radical (unpaired) electrons. The van der Waals surface area contributed by atoms with E-state index in [1.165, 1.54) is 122 Å². The maximum absolute atomic E-state index is 12.8. The Labute approximate surface area is 401 Å². The summed E-state index contributed by atoms with van der Waals surface area (Å²) in [6.45, 7) is 6.36. The van der Waals surface area contributed by atoms with Crippen LogP contribution in [0.2, 0.25) is 0 Å². The fourth-order valence-corrected chi connectivity index (χ4v) is 7.47. The van der Waals surface area contributed by atoms with Gasteiger partial charge in [0.2, 0.25) is 0 Å². The largest absolute Gasteiger partial charge is 0.462 e. The number of carbonyl (C=O) groups is 3. The Balaban J connectivity index is 4.40. The van der Waals surface area contributed by atoms with Gasteiger partial charge in [-0.15, -0.1) is 0 Å². The molecule has 0 N–H and O–H groups in total. The molecule has 6 nitrogen and oxygen atoms in total. The van der Waals surface area contributed by atoms with Gasteiger partial charge < -0.3 is 14.2 Å². The lowest BCUT2D eigenvalue weighted by Gasteiger charge is -2.18. The molecule has 0 aliphatic carbocycles. The second kappa shape index (κ2) is 53.2. The maximum Gasteiger partial charge on any atom is 0.306 e. The minimum atomic E-state index is -0.793. The summed E-state index contributed by atoms with van der Waals surface area (Å²) < 4.78 is 16.8. The molecule has 0 aliphatic rings. The van der Waals surface area contributed by atoms with Crippen LogP contribution in [0.3, 0.4) is 0 Å². The molecule has 65 heavy (non-hydrogen) atoms. The highest BCUT2D eigenvalue weighted by Gasteiger charge is 2.19. The Morgan fingerprint density at radius 2 is 0.677 bits per heavy atom. The van der Waals surface area contributed by atoms with Crippen LogP contribution in [-0.4, -0.2) is 37.2 Å². The summed E-state index contributed by atoms with van der Waals surface area (Å²) in [5, 5.41) is 0. The number of unbranched alkanes of at least 4 members (excludes halogenated alkanes) is 26. The van der Waals surface area contributed by atoms with Crippen LogP contribution in [-0.2, 0) is 28.6 Å². The third kappa shape index (κ3) is 51.4. The van der Waals surface area contributed by atoms with Crippen molar-refractivity contribution in [1.29, 1.82) is 0 Å². The Morgan fingerprint density at radius 3 is 1.14 bits per heavy atom. The van der Waals surface area contributed by atoms with E-state index in [9.17, 15) is 14.4 Å². The highest BCUT2D eigenvalue weighted by molar-refractivity contribution is 5.71. The predicted octanol–water partition coefficient (Wildman–Crippen LogP) is 18.0. The lowest BCUT2D eigenvalue weighted by Crippen LogP contribution is -2.30. The fraction of sp³-hybridized carbons (Fsp3) is 0.712. The Bertz CT molecular complexity index is 1270. The van der Waals surface area contributed by atoms with Crippen LogP contribution in [0.15, 0.2) is 85.1 Å². The molecule has 0 aromatic heterocycles. The van der Waals surface area contributed by atoms with Crippen molar-refractivity contribution in [2.45, 2.75) is 258 Å². The predicted molar refractivity (Wildman–Crippen MR) is 279 cm³/mol. The second-order valence-corrected chi connectivity index (χ2v) is 17.8. The minimum Gasteiger partial charge on any atom is -0.462 e. The average molecular weight is 905 g/mol. The van der Waals surface area contributed by atoms with E-state index in [0.717, 1.165) is 89.9 Å². The quantitative estimate of drug-likeness (QED) is 0.0199. The topological polar surface area (TPSA) is 78.9 Å². The van der Waals surface area contributed by atoms with E-state index in [4.69, 9.17) is 14.2 Å². The summed E-state index contributed by atoms with van der Waals surface area (Å²) in [4.78, 5) is 38.0. The zero-order chi connectivity index (χ0) is 47.2. The third-order valence-corrected chi connectivity index (χ3v) is 11.5. The minimum absolute atomic E-state index is 0.0908. The van der Waals surface area contributed by atoms with E-state index in [1.807, 2.05) is 30.4 Å². The smallest absolute Gasteiger partial charge is 0.306 e. The highest BCUT2D eigenvalue weighted by atomic mass is 16.6. The number of allylic oxidation sites excluding steroid dienone is 14. The molecule has 0 saturated heterocycles. The van der Waals surface area contributed by atoms with Crippen molar-refractivity contribution < 1.29 is 28.6 Å². The number of hydrogen-bond donors (Lipinski definition) is 0. The van der Waals surface area contributed by atoms with Gasteiger partial charge in [-0.05, 0) is 70.6 Å². The zero-order valence-electron chi connectivity index (χ0n) is 42.5. The molecule has 0 saturated carbocycles. The molecule has 0 bridgehead atoms. The van der Waals surface area contributed by atoms with Crippen molar-refractivity contribution in [3.05, 3.63) is 85.1 Å². The standard InChI is InChI=1S/C59H100O6/c1-4-7-10-13-16-19-22-25-27-28-29-30-32-34-37-40-43-46-49-52-58(61)64-55-56(54-63-57(60)51-48-45-42-39-36-33-24-21-18-15-12-9-6-3)65-59(62)53-50-47-44-41-38-35-31-26-23-20-17-14-11-8-5-2/h7,9-10,12,15-16,18-19,21,24-25,27,33,36,56H,4-6,8,11,13-14,17,20,22-23,26,28-32,34-35,37-55H2,1-3H3/b10-7+,12-9+,18-15+,19-16+,24-21+,27-25+,36-33+. The SMILES string of the molecule is CC/C=C/C=C/C=C/C=C/CCCCCC(=O)OCC(COC(=O)CCCCCCCCCCC/C=C/C/C=C/C/C=C/CC)OC(=O)CCCCCCCCCCCCCCCCC. The maximum atomic E-state index is 12.8. The molecule has 0 fully saturated rings. The second-order valence-electron chi connectivity index (χ2n) is 17.8. The Morgan fingerprint density at radius 1 is 0.338 bits per heavy atom. The van der Waals surface area contributed by atoms with Gasteiger partial charge in [0.05, 0.1) is 0 Å². The summed E-state index contributed by atoms with van der Waals surface area (Å²) in [5.41, 5.74) is 0. The van der Waals surface area contributed by atoms with Gasteiger partial charge >= 0.3 is 17.9 Å². The van der Waals surface area contributed by atoms with Gasteiger partial charge in [-0.3, -0.25) is 14.4 Å². The number of ether oxygens (including phenoxy) is 3. The van der Waals surface area contributed by atoms with Crippen LogP contribution < -0.4 is 0 Å². The number of hydrogen-bond acceptors (Lipinski definition) is 6. The summed E-state index contributed by atoms with van der Waals surface area (Å²) in [5.74, 6) is -0.931. The first-order valence-electron chi connectivity index (χ1n) is 27.1. The van der Waals surface area contributed by atoms with Crippen molar-refractivity contribution in [2.75, 3.05) is 13.2 Å². The van der Waals surface area contributed by atoms with E-state index >= 15 is 0 Å². The van der Waals surface area contributed by atoms with Crippen LogP contribution in [0.4, 0.5) is 0 Å². The van der Waals surface area contributed by atoms with E-state index in [-0.39, 0.29) is 31.1 Å². The first kappa shape index (κ1) is 61.6. The molecule has 0 aliphatic heterocycles. The van der Waals surface area contributed by atoms with Gasteiger partial charge in [0.1, 0.15) is 13.2 Å². The molecule has 0 amide bonds. The first-order chi connectivity index (χ1) is 32.0. The molecular formula is C59H100O6. The lowest BCUT2D eigenvalue weighted by atomic mass is 10.0. The lowest BCUT2D eigenvalue weighted by molar-refractivity contribution is -0.167. The van der Waals surface area contributed by atoms with E-state index in [1.54, 1.807) is 0 Å². The number of esters is 3. The van der Waals surface area contributed by atoms with E-state index < -0.39 is 6.10 Å². The molecule has 1 atom stereocenters. The van der Waals surface area contributed by atoms with Crippen molar-refractivity contribution in [2.24, 2.45) is 0 Å². The van der Waals surface area contributed by atoms with E-state index in [2.05, 4.69) is 75.5 Å². The Hall–Kier alpha value is -3.41. The summed E-state index contributed by atoms with van der Waals surface area (Å²) in [6.07, 6.45) is 68.6. The van der Waals surface area contributed by atoms with Gasteiger partial charge in [-0.25, -0.2) is 0 Å². The van der Waals surface area contributed by atoms with Gasteiger partial charge in [-0.1, -0.05) is 247 Å². The highest BCUT2D eigenvalue weighted by Crippen LogP contribution is 2.16. The molecule has 372 valence electrons. The molecule has 0 aromatic rings. The van der Waals surface area contributed by atoms with Crippen molar-refractivity contribution in [3.63, 3.8) is 0 Å². The van der Waals surface area contributed by atoms with Gasteiger partial charge in [-0.2, -0.15) is 0 Å². The Kier molecular flexibility index (Phi) is 50.4. The molecule has 6 heteroatoms. The first-order valence-corrected chi connectivity index (χ1v) is 27.1.